The van der Waals surface area contributed by atoms with Crippen LogP contribution in [0.5, 0.6) is 0 Å². The van der Waals surface area contributed by atoms with Gasteiger partial charge >= 0.3 is 0 Å². The second-order valence-electron chi connectivity index (χ2n) is 4.84. The Morgan fingerprint density at radius 3 is 2.42 bits per heavy atom. The maximum absolute atomic E-state index is 13.3. The van der Waals surface area contributed by atoms with Crippen LogP contribution < -0.4 is 0 Å². The monoisotopic (exact) mass is 334 g/mol. The van der Waals surface area contributed by atoms with E-state index in [9.17, 15) is 13.9 Å². The average Bonchev–Trinajstić information content (AvgIpc) is 2.40. The lowest BCUT2D eigenvalue weighted by Crippen LogP contribution is -2.01. The lowest BCUT2D eigenvalue weighted by atomic mass is 10.0. The van der Waals surface area contributed by atoms with Gasteiger partial charge < -0.3 is 5.11 Å². The third kappa shape index (κ3) is 5.19. The quantitative estimate of drug-likeness (QED) is 0.490. The van der Waals surface area contributed by atoms with E-state index in [0.29, 0.717) is 12.0 Å². The van der Waals surface area contributed by atoms with E-state index in [-0.39, 0.29) is 4.47 Å². The Morgan fingerprint density at radius 2 is 1.74 bits per heavy atom. The van der Waals surface area contributed by atoms with Gasteiger partial charge in [0.2, 0.25) is 0 Å². The van der Waals surface area contributed by atoms with Gasteiger partial charge in [-0.25, -0.2) is 8.78 Å². The number of unbranched alkanes of at least 4 members (excludes halogenated alkanes) is 5. The fourth-order valence-corrected chi connectivity index (χ4v) is 2.66. The fourth-order valence-electron chi connectivity index (χ4n) is 2.07. The summed E-state index contributed by atoms with van der Waals surface area (Å²) in [7, 11) is 0. The van der Waals surface area contributed by atoms with E-state index in [1.54, 1.807) is 0 Å². The highest BCUT2D eigenvalue weighted by Gasteiger charge is 2.16. The Bertz CT molecular complexity index is 396. The van der Waals surface area contributed by atoms with Crippen LogP contribution in [0.2, 0.25) is 0 Å². The number of aliphatic hydroxyl groups excluding tert-OH is 1. The standard InChI is InChI=1S/C15H21BrF2O/c1-2-3-4-5-6-7-8-13(19)11-9-10-12(17)15(18)14(11)16/h9-10,13,19H,2-8H2,1H3. The first-order chi connectivity index (χ1) is 9.07. The van der Waals surface area contributed by atoms with Crippen LogP contribution in [0.3, 0.4) is 0 Å². The molecular weight excluding hydrogens is 314 g/mol. The zero-order chi connectivity index (χ0) is 14.3. The topological polar surface area (TPSA) is 20.2 Å². The van der Waals surface area contributed by atoms with Gasteiger partial charge in [0.25, 0.3) is 0 Å². The molecule has 0 spiro atoms. The van der Waals surface area contributed by atoms with Gasteiger partial charge in [-0.1, -0.05) is 51.5 Å². The zero-order valence-corrected chi connectivity index (χ0v) is 12.8. The number of aliphatic hydroxyl groups is 1. The van der Waals surface area contributed by atoms with Crippen molar-refractivity contribution in [3.05, 3.63) is 33.8 Å². The predicted octanol–water partition coefficient (Wildman–Crippen LogP) is 5.51. The summed E-state index contributed by atoms with van der Waals surface area (Å²) >= 11 is 3.00. The zero-order valence-electron chi connectivity index (χ0n) is 11.3. The van der Waals surface area contributed by atoms with E-state index in [0.717, 1.165) is 18.9 Å². The first kappa shape index (κ1) is 16.6. The van der Waals surface area contributed by atoms with Crippen molar-refractivity contribution in [2.75, 3.05) is 0 Å². The summed E-state index contributed by atoms with van der Waals surface area (Å²) in [5.41, 5.74) is 0.424. The van der Waals surface area contributed by atoms with Crippen LogP contribution in [-0.2, 0) is 0 Å². The van der Waals surface area contributed by atoms with Crippen LogP contribution in [0.4, 0.5) is 8.78 Å². The highest BCUT2D eigenvalue weighted by molar-refractivity contribution is 9.10. The summed E-state index contributed by atoms with van der Waals surface area (Å²) in [5, 5.41) is 10.0. The summed E-state index contributed by atoms with van der Waals surface area (Å²) in [5.74, 6) is -1.83. The van der Waals surface area contributed by atoms with Crippen molar-refractivity contribution >= 4 is 15.9 Å². The van der Waals surface area contributed by atoms with Gasteiger partial charge in [0.1, 0.15) is 0 Å². The van der Waals surface area contributed by atoms with Gasteiger partial charge in [0.05, 0.1) is 10.6 Å². The molecule has 0 bridgehead atoms. The van der Waals surface area contributed by atoms with E-state index in [1.165, 1.54) is 31.7 Å². The summed E-state index contributed by atoms with van der Waals surface area (Å²) < 4.78 is 26.3. The molecule has 0 saturated carbocycles. The minimum absolute atomic E-state index is 0.0333. The van der Waals surface area contributed by atoms with Crippen molar-refractivity contribution < 1.29 is 13.9 Å². The Kier molecular flexibility index (Phi) is 7.54. The molecule has 0 radical (unpaired) electrons. The Labute approximate surface area is 122 Å². The third-order valence-corrected chi connectivity index (χ3v) is 4.06. The van der Waals surface area contributed by atoms with Crippen LogP contribution in [-0.4, -0.2) is 5.11 Å². The summed E-state index contributed by atoms with van der Waals surface area (Å²) in [6.07, 6.45) is 6.66. The molecule has 1 unspecified atom stereocenters. The van der Waals surface area contributed by atoms with Gasteiger partial charge in [0.15, 0.2) is 11.6 Å². The number of hydrogen-bond acceptors (Lipinski definition) is 1. The molecule has 1 rings (SSSR count). The molecule has 0 heterocycles. The molecule has 0 amide bonds. The second kappa shape index (κ2) is 8.64. The lowest BCUT2D eigenvalue weighted by Gasteiger charge is -2.13. The van der Waals surface area contributed by atoms with E-state index in [2.05, 4.69) is 22.9 Å². The molecule has 0 aliphatic carbocycles. The van der Waals surface area contributed by atoms with Crippen molar-refractivity contribution in [1.82, 2.24) is 0 Å². The van der Waals surface area contributed by atoms with E-state index >= 15 is 0 Å². The first-order valence-corrected chi connectivity index (χ1v) is 7.68. The first-order valence-electron chi connectivity index (χ1n) is 6.89. The maximum Gasteiger partial charge on any atom is 0.173 e. The largest absolute Gasteiger partial charge is 0.388 e. The molecule has 19 heavy (non-hydrogen) atoms. The van der Waals surface area contributed by atoms with Crippen molar-refractivity contribution in [3.8, 4) is 0 Å². The van der Waals surface area contributed by atoms with Gasteiger partial charge in [0, 0.05) is 0 Å². The average molecular weight is 335 g/mol. The molecule has 4 heteroatoms. The van der Waals surface area contributed by atoms with Gasteiger partial charge in [-0.2, -0.15) is 0 Å². The van der Waals surface area contributed by atoms with Crippen molar-refractivity contribution in [2.45, 2.75) is 58.0 Å². The lowest BCUT2D eigenvalue weighted by molar-refractivity contribution is 0.162. The molecule has 0 aliphatic rings. The highest BCUT2D eigenvalue weighted by Crippen LogP contribution is 2.30. The number of benzene rings is 1. The van der Waals surface area contributed by atoms with Gasteiger partial charge in [-0.3, -0.25) is 0 Å². The predicted molar refractivity (Wildman–Crippen MR) is 77.0 cm³/mol. The van der Waals surface area contributed by atoms with Crippen LogP contribution in [0.15, 0.2) is 16.6 Å². The normalized spacial score (nSPS) is 12.7. The van der Waals surface area contributed by atoms with Crippen LogP contribution in [0.25, 0.3) is 0 Å². The van der Waals surface area contributed by atoms with Gasteiger partial charge in [-0.15, -0.1) is 0 Å². The molecule has 0 fully saturated rings. The Hall–Kier alpha value is -0.480. The minimum Gasteiger partial charge on any atom is -0.388 e. The molecule has 1 nitrogen and oxygen atoms in total. The van der Waals surface area contributed by atoms with Crippen molar-refractivity contribution in [1.29, 1.82) is 0 Å². The summed E-state index contributed by atoms with van der Waals surface area (Å²) in [4.78, 5) is 0. The molecule has 0 saturated heterocycles. The summed E-state index contributed by atoms with van der Waals surface area (Å²) in [6, 6.07) is 2.49. The molecule has 1 aromatic rings. The highest BCUT2D eigenvalue weighted by atomic mass is 79.9. The molecule has 0 aliphatic heterocycles. The SMILES string of the molecule is CCCCCCCCC(O)c1ccc(F)c(F)c1Br. The van der Waals surface area contributed by atoms with E-state index in [1.807, 2.05) is 0 Å². The fraction of sp³-hybridized carbons (Fsp3) is 0.600. The smallest absolute Gasteiger partial charge is 0.173 e. The Balaban J connectivity index is 2.41. The molecule has 0 aromatic heterocycles. The number of hydrogen-bond donors (Lipinski definition) is 1. The van der Waals surface area contributed by atoms with E-state index < -0.39 is 17.7 Å². The van der Waals surface area contributed by atoms with Crippen LogP contribution in [0.1, 0.15) is 63.5 Å². The molecule has 1 N–H and O–H groups in total. The van der Waals surface area contributed by atoms with E-state index in [4.69, 9.17) is 0 Å². The van der Waals surface area contributed by atoms with Gasteiger partial charge in [-0.05, 0) is 34.0 Å². The molecule has 108 valence electrons. The number of rotatable bonds is 8. The minimum atomic E-state index is -0.931. The third-order valence-electron chi connectivity index (χ3n) is 3.26. The molecule has 1 atom stereocenters. The second-order valence-corrected chi connectivity index (χ2v) is 5.63. The van der Waals surface area contributed by atoms with Crippen LogP contribution >= 0.6 is 15.9 Å². The maximum atomic E-state index is 13.3. The van der Waals surface area contributed by atoms with Crippen molar-refractivity contribution in [2.24, 2.45) is 0 Å². The summed E-state index contributed by atoms with van der Waals surface area (Å²) in [6.45, 7) is 2.17. The molecule has 1 aromatic carbocycles. The molecular formula is C15H21BrF2O. The number of halogens is 3. The Morgan fingerprint density at radius 1 is 1.11 bits per heavy atom. The van der Waals surface area contributed by atoms with Crippen molar-refractivity contribution in [3.63, 3.8) is 0 Å². The van der Waals surface area contributed by atoms with Crippen LogP contribution in [0, 0.1) is 11.6 Å².